The molecule has 0 amide bonds. The van der Waals surface area contributed by atoms with Crippen molar-refractivity contribution in [1.29, 1.82) is 0 Å². The highest BCUT2D eigenvalue weighted by atomic mass is 127. The summed E-state index contributed by atoms with van der Waals surface area (Å²) in [4.78, 5) is 10.6. The van der Waals surface area contributed by atoms with Crippen LogP contribution in [0.4, 0.5) is 0 Å². The summed E-state index contributed by atoms with van der Waals surface area (Å²) in [6.45, 7) is 0.203. The first-order valence-electron chi connectivity index (χ1n) is 2.61. The van der Waals surface area contributed by atoms with E-state index in [-0.39, 0.29) is 12.6 Å². The van der Waals surface area contributed by atoms with E-state index in [9.17, 15) is 4.79 Å². The quantitative estimate of drug-likeness (QED) is 0.343. The highest BCUT2D eigenvalue weighted by Gasteiger charge is 1.97. The molecule has 0 spiro atoms. The molecule has 0 atom stereocenters. The molecule has 0 radical (unpaired) electrons. The van der Waals surface area contributed by atoms with Crippen molar-refractivity contribution in [2.45, 2.75) is 6.42 Å². The van der Waals surface area contributed by atoms with Gasteiger partial charge < -0.3 is 4.74 Å². The molecule has 0 saturated heterocycles. The van der Waals surface area contributed by atoms with E-state index in [2.05, 4.69) is 30.5 Å². The van der Waals surface area contributed by atoms with Gasteiger partial charge in [-0.3, -0.25) is 4.79 Å². The van der Waals surface area contributed by atoms with E-state index in [1.54, 1.807) is 0 Å². The summed E-state index contributed by atoms with van der Waals surface area (Å²) < 4.78 is 7.27. The largest absolute Gasteiger partial charge is 0.452 e. The molecule has 0 unspecified atom stereocenters. The number of carbonyl (C=O) groups is 1. The first-order valence-corrected chi connectivity index (χ1v) is 4.81. The van der Waals surface area contributed by atoms with Gasteiger partial charge in [-0.25, -0.2) is 0 Å². The van der Waals surface area contributed by atoms with Gasteiger partial charge in [0.15, 0.2) is 6.61 Å². The van der Waals surface area contributed by atoms with Crippen LogP contribution in [0, 0.1) is 9.85 Å². The maximum atomic E-state index is 10.6. The average molecular weight is 317 g/mol. The standard InChI is InChI=1S/C6H6BrIO2/c7-3-2-6(9)10-5-1-4-8/h2-3,5H2. The zero-order valence-electron chi connectivity index (χ0n) is 5.19. The van der Waals surface area contributed by atoms with Gasteiger partial charge in [0.05, 0.1) is 6.42 Å². The maximum absolute atomic E-state index is 10.6. The first kappa shape index (κ1) is 10.2. The molecule has 56 valence electrons. The van der Waals surface area contributed by atoms with Crippen LogP contribution in [0.1, 0.15) is 6.42 Å². The topological polar surface area (TPSA) is 26.3 Å². The minimum Gasteiger partial charge on any atom is -0.452 e. The molecule has 0 aromatic heterocycles. The van der Waals surface area contributed by atoms with Crippen LogP contribution < -0.4 is 0 Å². The lowest BCUT2D eigenvalue weighted by molar-refractivity contribution is -0.141. The van der Waals surface area contributed by atoms with Crippen molar-refractivity contribution in [2.24, 2.45) is 0 Å². The van der Waals surface area contributed by atoms with Gasteiger partial charge in [0.2, 0.25) is 0 Å². The highest BCUT2D eigenvalue weighted by molar-refractivity contribution is 14.1. The van der Waals surface area contributed by atoms with Gasteiger partial charge in [0.25, 0.3) is 0 Å². The van der Waals surface area contributed by atoms with Gasteiger partial charge >= 0.3 is 5.97 Å². The van der Waals surface area contributed by atoms with E-state index in [4.69, 9.17) is 0 Å². The Morgan fingerprint density at radius 3 is 2.90 bits per heavy atom. The predicted molar refractivity (Wildman–Crippen MR) is 51.2 cm³/mol. The average Bonchev–Trinajstić information content (AvgIpc) is 1.89. The van der Waals surface area contributed by atoms with E-state index in [0.29, 0.717) is 11.8 Å². The lowest BCUT2D eigenvalue weighted by Gasteiger charge is -1.95. The van der Waals surface area contributed by atoms with Crippen LogP contribution >= 0.6 is 38.5 Å². The molecule has 0 N–H and O–H groups in total. The second-order valence-electron chi connectivity index (χ2n) is 1.37. The molecule has 0 aliphatic heterocycles. The normalized spacial score (nSPS) is 7.80. The molecule has 2 nitrogen and oxygen atoms in total. The fourth-order valence-electron chi connectivity index (χ4n) is 0.293. The number of ether oxygens (including phenoxy) is 1. The molecule has 0 heterocycles. The van der Waals surface area contributed by atoms with Crippen LogP contribution in [0.3, 0.4) is 0 Å². The van der Waals surface area contributed by atoms with Gasteiger partial charge in [0.1, 0.15) is 0 Å². The third-order valence-electron chi connectivity index (χ3n) is 0.671. The van der Waals surface area contributed by atoms with E-state index >= 15 is 0 Å². The van der Waals surface area contributed by atoms with Crippen LogP contribution in [0.5, 0.6) is 0 Å². The summed E-state index contributed by atoms with van der Waals surface area (Å²) in [5, 5.41) is 0.642. The third kappa shape index (κ3) is 6.36. The van der Waals surface area contributed by atoms with E-state index < -0.39 is 0 Å². The number of hydrogen-bond donors (Lipinski definition) is 0. The van der Waals surface area contributed by atoms with E-state index in [0.717, 1.165) is 0 Å². The van der Waals surface area contributed by atoms with Crippen LogP contribution in [-0.2, 0) is 9.53 Å². The van der Waals surface area contributed by atoms with Crippen molar-refractivity contribution < 1.29 is 9.53 Å². The Hall–Kier alpha value is 0.240. The second kappa shape index (κ2) is 7.35. The number of carbonyl (C=O) groups excluding carboxylic acids is 1. The van der Waals surface area contributed by atoms with E-state index in [1.165, 1.54) is 0 Å². The van der Waals surface area contributed by atoms with Crippen LogP contribution in [0.25, 0.3) is 0 Å². The first-order chi connectivity index (χ1) is 4.81. The third-order valence-corrected chi connectivity index (χ3v) is 1.45. The minimum absolute atomic E-state index is 0.203. The zero-order chi connectivity index (χ0) is 7.82. The SMILES string of the molecule is O=C(CCBr)OCC#CI. The Morgan fingerprint density at radius 1 is 1.70 bits per heavy atom. The van der Waals surface area contributed by atoms with Gasteiger partial charge in [-0.1, -0.05) is 21.9 Å². The van der Waals surface area contributed by atoms with Crippen molar-refractivity contribution in [3.63, 3.8) is 0 Å². The lowest BCUT2D eigenvalue weighted by atomic mass is 10.5. The number of halogens is 2. The Labute approximate surface area is 82.0 Å². The summed E-state index contributed by atoms with van der Waals surface area (Å²) in [7, 11) is 0. The Morgan fingerprint density at radius 2 is 2.40 bits per heavy atom. The summed E-state index contributed by atoms with van der Waals surface area (Å²) in [5.41, 5.74) is 0. The Balaban J connectivity index is 3.27. The number of hydrogen-bond acceptors (Lipinski definition) is 2. The predicted octanol–water partition coefficient (Wildman–Crippen LogP) is 1.71. The van der Waals surface area contributed by atoms with Gasteiger partial charge in [-0.2, -0.15) is 0 Å². The second-order valence-corrected chi connectivity index (χ2v) is 2.70. The molecule has 0 rings (SSSR count). The monoisotopic (exact) mass is 316 g/mol. The number of rotatable bonds is 3. The molecule has 10 heavy (non-hydrogen) atoms. The Bertz CT molecular complexity index is 159. The summed E-state index contributed by atoms with van der Waals surface area (Å²) in [5.74, 6) is 2.40. The van der Waals surface area contributed by atoms with Crippen molar-refractivity contribution in [3.8, 4) is 9.85 Å². The lowest BCUT2D eigenvalue weighted by Crippen LogP contribution is -2.04. The number of esters is 1. The van der Waals surface area contributed by atoms with Gasteiger partial charge in [0, 0.05) is 27.9 Å². The van der Waals surface area contributed by atoms with Crippen molar-refractivity contribution in [2.75, 3.05) is 11.9 Å². The fourth-order valence-corrected chi connectivity index (χ4v) is 0.773. The molecule has 0 aliphatic rings. The Kier molecular flexibility index (Phi) is 7.52. The summed E-state index contributed by atoms with van der Waals surface area (Å²) in [6, 6.07) is 0. The number of alkyl halides is 1. The molecule has 0 bridgehead atoms. The van der Waals surface area contributed by atoms with Crippen LogP contribution in [0.2, 0.25) is 0 Å². The van der Waals surface area contributed by atoms with Crippen LogP contribution in [0.15, 0.2) is 0 Å². The molecule has 0 fully saturated rings. The molecule has 0 saturated carbocycles. The molecule has 0 aliphatic carbocycles. The van der Waals surface area contributed by atoms with Crippen molar-refractivity contribution in [3.05, 3.63) is 0 Å². The maximum Gasteiger partial charge on any atom is 0.307 e. The van der Waals surface area contributed by atoms with Crippen molar-refractivity contribution >= 4 is 44.5 Å². The highest BCUT2D eigenvalue weighted by Crippen LogP contribution is 1.90. The molecular formula is C6H6BrIO2. The van der Waals surface area contributed by atoms with Crippen LogP contribution in [-0.4, -0.2) is 17.9 Å². The zero-order valence-corrected chi connectivity index (χ0v) is 8.94. The van der Waals surface area contributed by atoms with E-state index in [1.807, 2.05) is 22.6 Å². The van der Waals surface area contributed by atoms with Gasteiger partial charge in [-0.15, -0.1) is 0 Å². The fraction of sp³-hybridized carbons (Fsp3) is 0.500. The smallest absolute Gasteiger partial charge is 0.307 e. The molecule has 0 aromatic carbocycles. The summed E-state index contributed by atoms with van der Waals surface area (Å²) in [6.07, 6.45) is 0.406. The molecule has 0 aromatic rings. The molecule has 4 heteroatoms. The summed E-state index contributed by atoms with van der Waals surface area (Å²) >= 11 is 5.01. The van der Waals surface area contributed by atoms with Crippen molar-refractivity contribution in [1.82, 2.24) is 0 Å². The minimum atomic E-state index is -0.212. The van der Waals surface area contributed by atoms with Gasteiger partial charge in [-0.05, 0) is 3.93 Å². The molecular weight excluding hydrogens is 311 g/mol.